The number of piperazine rings is 1. The van der Waals surface area contributed by atoms with Crippen molar-refractivity contribution in [3.63, 3.8) is 0 Å². The molecule has 2 rings (SSSR count). The average Bonchev–Trinajstić information content (AvgIpc) is 2.35. The fourth-order valence-electron chi connectivity index (χ4n) is 2.99. The number of nitrogens with zero attached hydrogens (tertiary/aromatic N) is 1. The second kappa shape index (κ2) is 8.80. The zero-order valence-corrected chi connectivity index (χ0v) is 13.7. The summed E-state index contributed by atoms with van der Waals surface area (Å²) >= 11 is 0. The molecule has 0 aromatic heterocycles. The van der Waals surface area contributed by atoms with E-state index < -0.39 is 0 Å². The highest BCUT2D eigenvalue weighted by molar-refractivity contribution is 5.85. The minimum absolute atomic E-state index is 0. The van der Waals surface area contributed by atoms with Gasteiger partial charge in [0, 0.05) is 32.2 Å². The number of benzene rings is 1. The van der Waals surface area contributed by atoms with Crippen LogP contribution in [0.1, 0.15) is 36.1 Å². The van der Waals surface area contributed by atoms with E-state index in [1.165, 1.54) is 30.6 Å². The van der Waals surface area contributed by atoms with Gasteiger partial charge in [-0.1, -0.05) is 25.1 Å². The average molecular weight is 305 g/mol. The molecule has 0 radical (unpaired) electrons. The highest BCUT2D eigenvalue weighted by Crippen LogP contribution is 2.29. The minimum Gasteiger partial charge on any atom is -0.314 e. The molecule has 1 aliphatic rings. The van der Waals surface area contributed by atoms with Gasteiger partial charge in [0.2, 0.25) is 0 Å². The standard InChI is InChI=1S/C15H24N2.2ClH/c1-4-14(17-10-8-16-9-11-17)15-12(2)6-5-7-13(15)3;;/h5-7,14,16H,4,8-11H2,1-3H3;2*1H/t14-;;/m1../s1. The van der Waals surface area contributed by atoms with Crippen molar-refractivity contribution in [1.29, 1.82) is 0 Å². The van der Waals surface area contributed by atoms with Crippen LogP contribution >= 0.6 is 24.8 Å². The van der Waals surface area contributed by atoms with Gasteiger partial charge in [0.15, 0.2) is 0 Å². The van der Waals surface area contributed by atoms with Gasteiger partial charge in [-0.2, -0.15) is 0 Å². The Bertz CT molecular complexity index is 356. The molecule has 1 atom stereocenters. The Kier molecular flexibility index (Phi) is 8.67. The van der Waals surface area contributed by atoms with E-state index in [-0.39, 0.29) is 24.8 Å². The maximum absolute atomic E-state index is 3.43. The van der Waals surface area contributed by atoms with Gasteiger partial charge in [-0.25, -0.2) is 0 Å². The van der Waals surface area contributed by atoms with Gasteiger partial charge in [0.1, 0.15) is 0 Å². The minimum atomic E-state index is 0. The fraction of sp³-hybridized carbons (Fsp3) is 0.600. The molecule has 0 unspecified atom stereocenters. The molecule has 110 valence electrons. The van der Waals surface area contributed by atoms with Crippen molar-refractivity contribution >= 4 is 24.8 Å². The maximum Gasteiger partial charge on any atom is 0.0351 e. The van der Waals surface area contributed by atoms with Crippen LogP contribution in [0, 0.1) is 13.8 Å². The third-order valence-electron chi connectivity index (χ3n) is 3.85. The van der Waals surface area contributed by atoms with Gasteiger partial charge in [0.25, 0.3) is 0 Å². The first-order valence-corrected chi connectivity index (χ1v) is 6.75. The predicted molar refractivity (Wildman–Crippen MR) is 87.9 cm³/mol. The summed E-state index contributed by atoms with van der Waals surface area (Å²) in [5.74, 6) is 0. The summed E-state index contributed by atoms with van der Waals surface area (Å²) in [6.07, 6.45) is 1.20. The van der Waals surface area contributed by atoms with Crippen molar-refractivity contribution in [2.75, 3.05) is 26.2 Å². The van der Waals surface area contributed by atoms with Crippen LogP contribution in [0.4, 0.5) is 0 Å². The van der Waals surface area contributed by atoms with Crippen LogP contribution in [-0.4, -0.2) is 31.1 Å². The lowest BCUT2D eigenvalue weighted by Crippen LogP contribution is -2.45. The van der Waals surface area contributed by atoms with Crippen LogP contribution < -0.4 is 5.32 Å². The SMILES string of the molecule is CC[C@H](c1c(C)cccc1C)N1CCNCC1.Cl.Cl. The molecule has 0 amide bonds. The predicted octanol–water partition coefficient (Wildman–Crippen LogP) is 3.50. The fourth-order valence-corrected chi connectivity index (χ4v) is 2.99. The zero-order valence-electron chi connectivity index (χ0n) is 12.1. The Morgan fingerprint density at radius 3 is 2.11 bits per heavy atom. The summed E-state index contributed by atoms with van der Waals surface area (Å²) in [4.78, 5) is 2.63. The van der Waals surface area contributed by atoms with Crippen molar-refractivity contribution in [3.8, 4) is 0 Å². The second-order valence-electron chi connectivity index (χ2n) is 5.02. The van der Waals surface area contributed by atoms with E-state index in [1.807, 2.05) is 0 Å². The smallest absolute Gasteiger partial charge is 0.0351 e. The molecule has 2 nitrogen and oxygen atoms in total. The van der Waals surface area contributed by atoms with Crippen molar-refractivity contribution in [1.82, 2.24) is 10.2 Å². The first-order valence-electron chi connectivity index (χ1n) is 6.75. The lowest BCUT2D eigenvalue weighted by atomic mass is 9.93. The van der Waals surface area contributed by atoms with Crippen LogP contribution in [0.15, 0.2) is 18.2 Å². The number of halogens is 2. The van der Waals surface area contributed by atoms with Gasteiger partial charge in [-0.05, 0) is 37.0 Å². The third-order valence-corrected chi connectivity index (χ3v) is 3.85. The lowest BCUT2D eigenvalue weighted by Gasteiger charge is -2.36. The molecule has 1 fully saturated rings. The van der Waals surface area contributed by atoms with Gasteiger partial charge >= 0.3 is 0 Å². The zero-order chi connectivity index (χ0) is 12.3. The molecule has 4 heteroatoms. The van der Waals surface area contributed by atoms with Crippen LogP contribution in [0.2, 0.25) is 0 Å². The van der Waals surface area contributed by atoms with E-state index in [0.717, 1.165) is 13.1 Å². The lowest BCUT2D eigenvalue weighted by molar-refractivity contribution is 0.168. The molecule has 1 heterocycles. The van der Waals surface area contributed by atoms with E-state index in [4.69, 9.17) is 0 Å². The van der Waals surface area contributed by atoms with Gasteiger partial charge in [-0.3, -0.25) is 4.90 Å². The summed E-state index contributed by atoms with van der Waals surface area (Å²) < 4.78 is 0. The van der Waals surface area contributed by atoms with E-state index in [1.54, 1.807) is 5.56 Å². The van der Waals surface area contributed by atoms with E-state index in [9.17, 15) is 0 Å². The van der Waals surface area contributed by atoms with Crippen LogP contribution in [0.5, 0.6) is 0 Å². The highest BCUT2D eigenvalue weighted by Gasteiger charge is 2.22. The van der Waals surface area contributed by atoms with Crippen molar-refractivity contribution in [2.24, 2.45) is 0 Å². The Hall–Kier alpha value is -0.280. The molecule has 0 saturated carbocycles. The first kappa shape index (κ1) is 18.7. The van der Waals surface area contributed by atoms with E-state index in [0.29, 0.717) is 6.04 Å². The molecule has 1 saturated heterocycles. The Morgan fingerprint density at radius 1 is 1.11 bits per heavy atom. The summed E-state index contributed by atoms with van der Waals surface area (Å²) in [6, 6.07) is 7.25. The number of aryl methyl sites for hydroxylation is 2. The molecule has 0 aliphatic carbocycles. The molecule has 19 heavy (non-hydrogen) atoms. The largest absolute Gasteiger partial charge is 0.314 e. The van der Waals surface area contributed by atoms with Crippen molar-refractivity contribution in [3.05, 3.63) is 34.9 Å². The third kappa shape index (κ3) is 4.35. The molecule has 1 N–H and O–H groups in total. The van der Waals surface area contributed by atoms with Crippen LogP contribution in [0.3, 0.4) is 0 Å². The molecular weight excluding hydrogens is 279 g/mol. The Morgan fingerprint density at radius 2 is 1.63 bits per heavy atom. The molecular formula is C15H26Cl2N2. The molecule has 1 aromatic rings. The molecule has 1 aliphatic heterocycles. The normalized spacial score (nSPS) is 17.2. The molecule has 0 bridgehead atoms. The monoisotopic (exact) mass is 304 g/mol. The Labute approximate surface area is 129 Å². The summed E-state index contributed by atoms with van der Waals surface area (Å²) in [7, 11) is 0. The van der Waals surface area contributed by atoms with Crippen LogP contribution in [0.25, 0.3) is 0 Å². The number of rotatable bonds is 3. The number of hydrogen-bond donors (Lipinski definition) is 1. The summed E-state index contributed by atoms with van der Waals surface area (Å²) in [5, 5.41) is 3.43. The number of hydrogen-bond acceptors (Lipinski definition) is 2. The van der Waals surface area contributed by atoms with Gasteiger partial charge < -0.3 is 5.32 Å². The number of nitrogens with one attached hydrogen (secondary N) is 1. The summed E-state index contributed by atoms with van der Waals surface area (Å²) in [5.41, 5.74) is 4.43. The second-order valence-corrected chi connectivity index (χ2v) is 5.02. The highest BCUT2D eigenvalue weighted by atomic mass is 35.5. The topological polar surface area (TPSA) is 15.3 Å². The van der Waals surface area contributed by atoms with Gasteiger partial charge in [-0.15, -0.1) is 24.8 Å². The van der Waals surface area contributed by atoms with Crippen molar-refractivity contribution in [2.45, 2.75) is 33.2 Å². The van der Waals surface area contributed by atoms with Crippen molar-refractivity contribution < 1.29 is 0 Å². The maximum atomic E-state index is 3.43. The molecule has 1 aromatic carbocycles. The molecule has 0 spiro atoms. The summed E-state index contributed by atoms with van der Waals surface area (Å²) in [6.45, 7) is 11.4. The van der Waals surface area contributed by atoms with Crippen LogP contribution in [-0.2, 0) is 0 Å². The Balaban J connectivity index is 0.00000162. The first-order chi connectivity index (χ1) is 8.24. The van der Waals surface area contributed by atoms with Gasteiger partial charge in [0.05, 0.1) is 0 Å². The van der Waals surface area contributed by atoms with E-state index in [2.05, 4.69) is 49.2 Å². The quantitative estimate of drug-likeness (QED) is 0.919. The van der Waals surface area contributed by atoms with E-state index >= 15 is 0 Å².